The van der Waals surface area contributed by atoms with Crippen LogP contribution in [0.4, 0.5) is 0 Å². The van der Waals surface area contributed by atoms with Crippen LogP contribution in [0, 0.1) is 33.6 Å². The molecule has 0 spiro atoms. The topological polar surface area (TPSA) is 58.9 Å². The molecule has 2 aromatic carbocycles. The van der Waals surface area contributed by atoms with Gasteiger partial charge in [-0.2, -0.15) is 0 Å². The average Bonchev–Trinajstić information content (AvgIpc) is 2.65. The van der Waals surface area contributed by atoms with Crippen LogP contribution in [-0.4, -0.2) is 36.6 Å². The van der Waals surface area contributed by atoms with Gasteiger partial charge in [0, 0.05) is 5.41 Å². The average molecular weight is 401 g/mol. The van der Waals surface area contributed by atoms with Gasteiger partial charge in [-0.15, -0.1) is 0 Å². The van der Waals surface area contributed by atoms with Gasteiger partial charge in [0.2, 0.25) is 0 Å². The van der Waals surface area contributed by atoms with Gasteiger partial charge in [-0.3, -0.25) is 0 Å². The number of hydrogen-bond acceptors (Lipinski definition) is 4. The summed E-state index contributed by atoms with van der Waals surface area (Å²) in [5.41, 5.74) is 6.64. The number of aryl methyl sites for hydroxylation is 4. The quantitative estimate of drug-likeness (QED) is 0.645. The van der Waals surface area contributed by atoms with Crippen LogP contribution in [0.15, 0.2) is 24.3 Å². The third-order valence-corrected chi connectivity index (χ3v) is 5.95. The van der Waals surface area contributed by atoms with Crippen LogP contribution in [-0.2, 0) is 5.41 Å². The molecule has 0 atom stereocenters. The van der Waals surface area contributed by atoms with Crippen LogP contribution in [0.2, 0.25) is 0 Å². The van der Waals surface area contributed by atoms with E-state index < -0.39 is 0 Å². The molecule has 4 nitrogen and oxygen atoms in total. The fourth-order valence-corrected chi connectivity index (χ4v) is 4.08. The van der Waals surface area contributed by atoms with Crippen molar-refractivity contribution in [2.75, 3.05) is 26.4 Å². The monoisotopic (exact) mass is 400 g/mol. The van der Waals surface area contributed by atoms with Crippen LogP contribution >= 0.6 is 0 Å². The Kier molecular flexibility index (Phi) is 7.73. The molecule has 0 saturated carbocycles. The molecule has 0 fully saturated rings. The Morgan fingerprint density at radius 1 is 0.724 bits per heavy atom. The number of aliphatic hydroxyl groups excluding tert-OH is 2. The Morgan fingerprint density at radius 2 is 1.03 bits per heavy atom. The molecule has 0 radical (unpaired) electrons. The lowest BCUT2D eigenvalue weighted by atomic mass is 9.67. The highest BCUT2D eigenvalue weighted by atomic mass is 16.5. The largest absolute Gasteiger partial charge is 0.491 e. The molecule has 160 valence electrons. The summed E-state index contributed by atoms with van der Waals surface area (Å²) < 4.78 is 11.5. The number of aliphatic hydroxyl groups is 2. The first-order valence-corrected chi connectivity index (χ1v) is 10.4. The third kappa shape index (κ3) is 4.76. The van der Waals surface area contributed by atoms with E-state index in [1.165, 1.54) is 11.1 Å². The summed E-state index contributed by atoms with van der Waals surface area (Å²) in [6, 6.07) is 8.84. The van der Waals surface area contributed by atoms with Gasteiger partial charge in [-0.1, -0.05) is 45.0 Å². The lowest BCUT2D eigenvalue weighted by Crippen LogP contribution is -2.31. The van der Waals surface area contributed by atoms with Gasteiger partial charge in [0.25, 0.3) is 0 Å². The van der Waals surface area contributed by atoms with E-state index >= 15 is 0 Å². The normalized spacial score (nSPS) is 11.8. The van der Waals surface area contributed by atoms with Crippen LogP contribution in [0.5, 0.6) is 11.5 Å². The fourth-order valence-electron chi connectivity index (χ4n) is 4.08. The molecule has 0 saturated heterocycles. The first-order chi connectivity index (χ1) is 13.7. The highest BCUT2D eigenvalue weighted by Crippen LogP contribution is 2.43. The van der Waals surface area contributed by atoms with Crippen molar-refractivity contribution in [3.63, 3.8) is 0 Å². The molecule has 0 unspecified atom stereocenters. The second-order valence-electron chi connectivity index (χ2n) is 8.38. The summed E-state index contributed by atoms with van der Waals surface area (Å²) in [5.74, 6) is 2.08. The molecule has 2 N–H and O–H groups in total. The number of ether oxygens (including phenoxy) is 2. The number of benzene rings is 2. The third-order valence-electron chi connectivity index (χ3n) is 5.95. The Morgan fingerprint density at radius 3 is 1.28 bits per heavy atom. The lowest BCUT2D eigenvalue weighted by Gasteiger charge is -2.37. The van der Waals surface area contributed by atoms with Gasteiger partial charge in [0.1, 0.15) is 24.7 Å². The van der Waals surface area contributed by atoms with E-state index in [-0.39, 0.29) is 18.6 Å². The first-order valence-electron chi connectivity index (χ1n) is 10.4. The van der Waals surface area contributed by atoms with Crippen LogP contribution < -0.4 is 9.47 Å². The molecular weight excluding hydrogens is 364 g/mol. The molecule has 0 bridgehead atoms. The zero-order chi connectivity index (χ0) is 21.8. The van der Waals surface area contributed by atoms with Crippen molar-refractivity contribution in [2.45, 2.75) is 53.9 Å². The van der Waals surface area contributed by atoms with Crippen molar-refractivity contribution in [2.24, 2.45) is 5.92 Å². The summed E-state index contributed by atoms with van der Waals surface area (Å²) in [6.07, 6.45) is 0. The highest BCUT2D eigenvalue weighted by molar-refractivity contribution is 5.52. The molecule has 0 aliphatic carbocycles. The Bertz CT molecular complexity index is 729. The summed E-state index contributed by atoms with van der Waals surface area (Å²) in [7, 11) is 0. The maximum Gasteiger partial charge on any atom is 0.125 e. The van der Waals surface area contributed by atoms with Crippen molar-refractivity contribution >= 4 is 0 Å². The standard InChI is InChI=1S/C25H36O4/c1-16(2)25(7,21-12-17(3)23(18(4)13-21)28-10-8-26)22-14-19(5)24(20(6)15-22)29-11-9-27/h12-16,26-27H,8-11H2,1-7H3. The van der Waals surface area contributed by atoms with E-state index in [0.717, 1.165) is 33.8 Å². The van der Waals surface area contributed by atoms with E-state index in [2.05, 4.69) is 72.7 Å². The van der Waals surface area contributed by atoms with Crippen LogP contribution in [0.25, 0.3) is 0 Å². The first kappa shape index (κ1) is 23.2. The van der Waals surface area contributed by atoms with E-state index in [1.54, 1.807) is 0 Å². The fraction of sp³-hybridized carbons (Fsp3) is 0.520. The van der Waals surface area contributed by atoms with E-state index in [4.69, 9.17) is 19.7 Å². The maximum absolute atomic E-state index is 9.09. The summed E-state index contributed by atoms with van der Waals surface area (Å²) >= 11 is 0. The minimum absolute atomic E-state index is 0.00754. The molecule has 4 heteroatoms. The molecule has 2 rings (SSSR count). The van der Waals surface area contributed by atoms with Crippen molar-refractivity contribution < 1.29 is 19.7 Å². The molecule has 0 amide bonds. The van der Waals surface area contributed by atoms with E-state index in [0.29, 0.717) is 19.1 Å². The molecule has 0 aliphatic heterocycles. The van der Waals surface area contributed by atoms with Crippen molar-refractivity contribution in [1.82, 2.24) is 0 Å². The zero-order valence-electron chi connectivity index (χ0n) is 18.9. The SMILES string of the molecule is Cc1cc(C(C)(c2cc(C)c(OCCO)c(C)c2)C(C)C)cc(C)c1OCCO. The number of hydrogen-bond donors (Lipinski definition) is 2. The molecule has 0 heterocycles. The van der Waals surface area contributed by atoms with Gasteiger partial charge in [-0.05, 0) is 67.0 Å². The van der Waals surface area contributed by atoms with Gasteiger partial charge < -0.3 is 19.7 Å². The molecular formula is C25H36O4. The summed E-state index contributed by atoms with van der Waals surface area (Å²) in [4.78, 5) is 0. The molecule has 2 aromatic rings. The highest BCUT2D eigenvalue weighted by Gasteiger charge is 2.34. The maximum atomic E-state index is 9.09. The van der Waals surface area contributed by atoms with E-state index in [1.807, 2.05) is 0 Å². The van der Waals surface area contributed by atoms with Crippen LogP contribution in [0.1, 0.15) is 54.2 Å². The minimum Gasteiger partial charge on any atom is -0.491 e. The second-order valence-corrected chi connectivity index (χ2v) is 8.38. The smallest absolute Gasteiger partial charge is 0.125 e. The van der Waals surface area contributed by atoms with Gasteiger partial charge in [0.05, 0.1) is 13.2 Å². The molecule has 0 aromatic heterocycles. The summed E-state index contributed by atoms with van der Waals surface area (Å²) in [5, 5.41) is 18.2. The minimum atomic E-state index is -0.184. The number of rotatable bonds is 9. The van der Waals surface area contributed by atoms with Crippen molar-refractivity contribution in [3.8, 4) is 11.5 Å². The second kappa shape index (κ2) is 9.64. The van der Waals surface area contributed by atoms with Crippen molar-refractivity contribution in [1.29, 1.82) is 0 Å². The molecule has 0 aliphatic rings. The Hall–Kier alpha value is -2.04. The molecule has 29 heavy (non-hydrogen) atoms. The van der Waals surface area contributed by atoms with Gasteiger partial charge >= 0.3 is 0 Å². The summed E-state index contributed by atoms with van der Waals surface area (Å²) in [6.45, 7) is 15.7. The van der Waals surface area contributed by atoms with Gasteiger partial charge in [0.15, 0.2) is 0 Å². The predicted octanol–water partition coefficient (Wildman–Crippen LogP) is 4.62. The Labute approximate surface area is 175 Å². The van der Waals surface area contributed by atoms with Crippen LogP contribution in [0.3, 0.4) is 0 Å². The lowest BCUT2D eigenvalue weighted by molar-refractivity contribution is 0.199. The van der Waals surface area contributed by atoms with E-state index in [9.17, 15) is 0 Å². The Balaban J connectivity index is 2.58. The van der Waals surface area contributed by atoms with Gasteiger partial charge in [-0.25, -0.2) is 0 Å². The predicted molar refractivity (Wildman–Crippen MR) is 118 cm³/mol. The zero-order valence-corrected chi connectivity index (χ0v) is 18.9. The van der Waals surface area contributed by atoms with Crippen molar-refractivity contribution in [3.05, 3.63) is 57.6 Å².